The van der Waals surface area contributed by atoms with E-state index in [0.717, 1.165) is 25.1 Å². The van der Waals surface area contributed by atoms with Gasteiger partial charge in [-0.25, -0.2) is 0 Å². The molecule has 0 bridgehead atoms. The lowest BCUT2D eigenvalue weighted by Crippen LogP contribution is -2.29. The van der Waals surface area contributed by atoms with Gasteiger partial charge in [0.1, 0.15) is 0 Å². The number of carbonyl (C=O) groups excluding carboxylic acids is 1. The highest BCUT2D eigenvalue weighted by molar-refractivity contribution is 7.98. The number of hydrogen-bond donors (Lipinski definition) is 2. The van der Waals surface area contributed by atoms with E-state index < -0.39 is 0 Å². The van der Waals surface area contributed by atoms with Gasteiger partial charge >= 0.3 is 0 Å². The standard InChI is InChI=1S/C12H26N2OS/c1-10(2)7-11(9-13)8-12(15)14-5-4-6-16-3/h10-11H,4-9,13H2,1-3H3,(H,14,15). The van der Waals surface area contributed by atoms with E-state index >= 15 is 0 Å². The second kappa shape index (κ2) is 9.97. The second-order valence-corrected chi connectivity index (χ2v) is 5.62. The van der Waals surface area contributed by atoms with Crippen molar-refractivity contribution in [3.63, 3.8) is 0 Å². The molecule has 4 heteroatoms. The topological polar surface area (TPSA) is 55.1 Å². The lowest BCUT2D eigenvalue weighted by atomic mass is 9.94. The molecule has 0 heterocycles. The molecule has 0 radical (unpaired) electrons. The summed E-state index contributed by atoms with van der Waals surface area (Å²) in [4.78, 5) is 11.6. The van der Waals surface area contributed by atoms with Crippen molar-refractivity contribution in [3.05, 3.63) is 0 Å². The van der Waals surface area contributed by atoms with Crippen molar-refractivity contribution in [1.82, 2.24) is 5.32 Å². The van der Waals surface area contributed by atoms with E-state index in [1.54, 1.807) is 0 Å². The molecule has 0 aromatic heterocycles. The smallest absolute Gasteiger partial charge is 0.220 e. The molecule has 0 fully saturated rings. The second-order valence-electron chi connectivity index (χ2n) is 4.63. The third-order valence-electron chi connectivity index (χ3n) is 2.46. The molecule has 96 valence electrons. The van der Waals surface area contributed by atoms with Gasteiger partial charge < -0.3 is 11.1 Å². The fourth-order valence-electron chi connectivity index (χ4n) is 1.71. The van der Waals surface area contributed by atoms with Crippen LogP contribution in [0.25, 0.3) is 0 Å². The van der Waals surface area contributed by atoms with E-state index in [4.69, 9.17) is 5.73 Å². The Hall–Kier alpha value is -0.220. The molecule has 0 aliphatic heterocycles. The molecule has 0 aliphatic carbocycles. The van der Waals surface area contributed by atoms with Gasteiger partial charge in [-0.1, -0.05) is 13.8 Å². The van der Waals surface area contributed by atoms with Gasteiger partial charge in [-0.2, -0.15) is 11.8 Å². The van der Waals surface area contributed by atoms with Crippen molar-refractivity contribution < 1.29 is 4.79 Å². The summed E-state index contributed by atoms with van der Waals surface area (Å²) in [7, 11) is 0. The van der Waals surface area contributed by atoms with Crippen LogP contribution in [-0.2, 0) is 4.79 Å². The Labute approximate surface area is 104 Å². The Morgan fingerprint density at radius 3 is 2.62 bits per heavy atom. The Morgan fingerprint density at radius 2 is 2.12 bits per heavy atom. The zero-order valence-corrected chi connectivity index (χ0v) is 11.6. The first-order valence-electron chi connectivity index (χ1n) is 6.05. The summed E-state index contributed by atoms with van der Waals surface area (Å²) in [5.74, 6) is 2.20. The van der Waals surface area contributed by atoms with E-state index in [2.05, 4.69) is 25.4 Å². The summed E-state index contributed by atoms with van der Waals surface area (Å²) < 4.78 is 0. The summed E-state index contributed by atoms with van der Waals surface area (Å²) in [6.07, 6.45) is 4.74. The zero-order valence-electron chi connectivity index (χ0n) is 10.8. The number of rotatable bonds is 9. The van der Waals surface area contributed by atoms with Crippen LogP contribution in [-0.4, -0.2) is 31.0 Å². The lowest BCUT2D eigenvalue weighted by molar-refractivity contribution is -0.122. The molecule has 0 rings (SSSR count). The fourth-order valence-corrected chi connectivity index (χ4v) is 2.14. The minimum absolute atomic E-state index is 0.150. The largest absolute Gasteiger partial charge is 0.356 e. The maximum atomic E-state index is 11.6. The Morgan fingerprint density at radius 1 is 1.44 bits per heavy atom. The summed E-state index contributed by atoms with van der Waals surface area (Å²) in [6, 6.07) is 0. The van der Waals surface area contributed by atoms with Gasteiger partial charge in [0, 0.05) is 13.0 Å². The van der Waals surface area contributed by atoms with Crippen LogP contribution in [0.5, 0.6) is 0 Å². The fraction of sp³-hybridized carbons (Fsp3) is 0.917. The first-order chi connectivity index (χ1) is 7.60. The van der Waals surface area contributed by atoms with Crippen molar-refractivity contribution in [3.8, 4) is 0 Å². The van der Waals surface area contributed by atoms with E-state index in [0.29, 0.717) is 24.8 Å². The van der Waals surface area contributed by atoms with Crippen LogP contribution in [0.4, 0.5) is 0 Å². The highest BCUT2D eigenvalue weighted by Crippen LogP contribution is 2.13. The van der Waals surface area contributed by atoms with E-state index in [1.165, 1.54) is 0 Å². The van der Waals surface area contributed by atoms with Gasteiger partial charge in [-0.05, 0) is 43.2 Å². The van der Waals surface area contributed by atoms with Crippen molar-refractivity contribution in [2.24, 2.45) is 17.6 Å². The first kappa shape index (κ1) is 15.8. The molecule has 3 N–H and O–H groups in total. The van der Waals surface area contributed by atoms with Crippen LogP contribution in [0.2, 0.25) is 0 Å². The predicted molar refractivity (Wildman–Crippen MR) is 72.6 cm³/mol. The molecule has 0 spiro atoms. The maximum absolute atomic E-state index is 11.6. The van der Waals surface area contributed by atoms with E-state index in [1.807, 2.05) is 11.8 Å². The average Bonchev–Trinajstić information content (AvgIpc) is 2.23. The molecule has 1 unspecified atom stereocenters. The van der Waals surface area contributed by atoms with Gasteiger partial charge in [0.2, 0.25) is 5.91 Å². The van der Waals surface area contributed by atoms with E-state index in [-0.39, 0.29) is 5.91 Å². The minimum Gasteiger partial charge on any atom is -0.356 e. The highest BCUT2D eigenvalue weighted by Gasteiger charge is 2.13. The molecule has 1 atom stereocenters. The predicted octanol–water partition coefficient (Wildman–Crippen LogP) is 1.87. The number of nitrogens with two attached hydrogens (primary N) is 1. The number of amides is 1. The number of hydrogen-bond acceptors (Lipinski definition) is 3. The van der Waals surface area contributed by atoms with Crippen LogP contribution < -0.4 is 11.1 Å². The molecule has 0 aromatic carbocycles. The summed E-state index contributed by atoms with van der Waals surface area (Å²) >= 11 is 1.81. The maximum Gasteiger partial charge on any atom is 0.220 e. The first-order valence-corrected chi connectivity index (χ1v) is 7.45. The molecule has 0 aromatic rings. The van der Waals surface area contributed by atoms with Crippen LogP contribution >= 0.6 is 11.8 Å². The van der Waals surface area contributed by atoms with Gasteiger partial charge in [0.25, 0.3) is 0 Å². The quantitative estimate of drug-likeness (QED) is 0.611. The van der Waals surface area contributed by atoms with Crippen molar-refractivity contribution in [2.45, 2.75) is 33.1 Å². The highest BCUT2D eigenvalue weighted by atomic mass is 32.2. The molecule has 3 nitrogen and oxygen atoms in total. The number of nitrogens with one attached hydrogen (secondary N) is 1. The van der Waals surface area contributed by atoms with Crippen molar-refractivity contribution >= 4 is 17.7 Å². The van der Waals surface area contributed by atoms with E-state index in [9.17, 15) is 4.79 Å². The molecule has 1 amide bonds. The van der Waals surface area contributed by atoms with Gasteiger partial charge in [-0.15, -0.1) is 0 Å². The molecule has 0 aliphatic rings. The molecular weight excluding hydrogens is 220 g/mol. The summed E-state index contributed by atoms with van der Waals surface area (Å²) in [5.41, 5.74) is 5.66. The average molecular weight is 246 g/mol. The molecular formula is C12H26N2OS. The van der Waals surface area contributed by atoms with Crippen LogP contribution in [0, 0.1) is 11.8 Å². The Balaban J connectivity index is 3.66. The monoisotopic (exact) mass is 246 g/mol. The van der Waals surface area contributed by atoms with Crippen molar-refractivity contribution in [1.29, 1.82) is 0 Å². The minimum atomic E-state index is 0.150. The number of carbonyl (C=O) groups is 1. The molecule has 0 saturated carbocycles. The third-order valence-corrected chi connectivity index (χ3v) is 3.16. The lowest BCUT2D eigenvalue weighted by Gasteiger charge is -2.16. The Bertz CT molecular complexity index is 186. The van der Waals surface area contributed by atoms with Gasteiger partial charge in [-0.3, -0.25) is 4.79 Å². The number of thioether (sulfide) groups is 1. The summed E-state index contributed by atoms with van der Waals surface area (Å²) in [5, 5.41) is 2.95. The van der Waals surface area contributed by atoms with Crippen LogP contribution in [0.15, 0.2) is 0 Å². The molecule has 16 heavy (non-hydrogen) atoms. The van der Waals surface area contributed by atoms with Crippen molar-refractivity contribution in [2.75, 3.05) is 25.1 Å². The SMILES string of the molecule is CSCCCNC(=O)CC(CN)CC(C)C. The Kier molecular flexibility index (Phi) is 9.83. The molecule has 0 saturated heterocycles. The van der Waals surface area contributed by atoms with Crippen LogP contribution in [0.1, 0.15) is 33.1 Å². The normalized spacial score (nSPS) is 12.8. The zero-order chi connectivity index (χ0) is 12.4. The third kappa shape index (κ3) is 9.04. The van der Waals surface area contributed by atoms with Crippen LogP contribution in [0.3, 0.4) is 0 Å². The summed E-state index contributed by atoms with van der Waals surface area (Å²) in [6.45, 7) is 5.73. The van der Waals surface area contributed by atoms with Gasteiger partial charge in [0.15, 0.2) is 0 Å². The van der Waals surface area contributed by atoms with Gasteiger partial charge in [0.05, 0.1) is 0 Å².